The van der Waals surface area contributed by atoms with Gasteiger partial charge in [0, 0.05) is 0 Å². The second kappa shape index (κ2) is 3.83. The molecule has 1 fully saturated rings. The Bertz CT molecular complexity index is 186. The summed E-state index contributed by atoms with van der Waals surface area (Å²) in [6, 6.07) is 0. The summed E-state index contributed by atoms with van der Waals surface area (Å²) in [5.41, 5.74) is -0.605. The molecule has 76 valence electrons. The van der Waals surface area contributed by atoms with Crippen LogP contribution in [-0.2, 0) is 0 Å². The SMILES string of the molecule is C=CC1(O)CC(C)CCC1C(C)C. The second-order valence-corrected chi connectivity index (χ2v) is 4.93. The van der Waals surface area contributed by atoms with Gasteiger partial charge < -0.3 is 5.11 Å². The number of hydrogen-bond acceptors (Lipinski definition) is 1. The molecule has 1 heteroatoms. The molecule has 0 aromatic heterocycles. The minimum atomic E-state index is -0.605. The van der Waals surface area contributed by atoms with E-state index in [1.165, 1.54) is 6.42 Å². The highest BCUT2D eigenvalue weighted by Gasteiger charge is 2.40. The zero-order valence-corrected chi connectivity index (χ0v) is 9.09. The predicted molar refractivity (Wildman–Crippen MR) is 56.5 cm³/mol. The smallest absolute Gasteiger partial charge is 0.0858 e. The molecule has 13 heavy (non-hydrogen) atoms. The van der Waals surface area contributed by atoms with Gasteiger partial charge in [0.1, 0.15) is 0 Å². The highest BCUT2D eigenvalue weighted by Crippen LogP contribution is 2.41. The zero-order chi connectivity index (χ0) is 10.1. The van der Waals surface area contributed by atoms with E-state index >= 15 is 0 Å². The Morgan fingerprint density at radius 1 is 1.46 bits per heavy atom. The second-order valence-electron chi connectivity index (χ2n) is 4.93. The van der Waals surface area contributed by atoms with E-state index in [4.69, 9.17) is 0 Å². The highest BCUT2D eigenvalue weighted by molar-refractivity contribution is 5.04. The Hall–Kier alpha value is -0.300. The molecule has 0 amide bonds. The Labute approximate surface area is 81.9 Å². The summed E-state index contributed by atoms with van der Waals surface area (Å²) in [4.78, 5) is 0. The van der Waals surface area contributed by atoms with Crippen LogP contribution >= 0.6 is 0 Å². The average molecular weight is 182 g/mol. The van der Waals surface area contributed by atoms with Gasteiger partial charge in [0.05, 0.1) is 5.60 Å². The van der Waals surface area contributed by atoms with Gasteiger partial charge in [-0.15, -0.1) is 6.58 Å². The van der Waals surface area contributed by atoms with Crippen molar-refractivity contribution in [1.82, 2.24) is 0 Å². The molecule has 1 saturated carbocycles. The first kappa shape index (κ1) is 10.8. The van der Waals surface area contributed by atoms with Crippen molar-refractivity contribution in [3.63, 3.8) is 0 Å². The molecular weight excluding hydrogens is 160 g/mol. The summed E-state index contributed by atoms with van der Waals surface area (Å²) in [7, 11) is 0. The summed E-state index contributed by atoms with van der Waals surface area (Å²) >= 11 is 0. The van der Waals surface area contributed by atoms with Gasteiger partial charge in [0.2, 0.25) is 0 Å². The van der Waals surface area contributed by atoms with E-state index in [1.54, 1.807) is 6.08 Å². The van der Waals surface area contributed by atoms with Crippen LogP contribution in [0.2, 0.25) is 0 Å². The summed E-state index contributed by atoms with van der Waals surface area (Å²) < 4.78 is 0. The minimum Gasteiger partial charge on any atom is -0.385 e. The predicted octanol–water partition coefficient (Wildman–Crippen LogP) is 3.00. The molecule has 0 heterocycles. The first-order valence-corrected chi connectivity index (χ1v) is 5.35. The number of rotatable bonds is 2. The Morgan fingerprint density at radius 2 is 2.08 bits per heavy atom. The van der Waals surface area contributed by atoms with Crippen LogP contribution < -0.4 is 0 Å². The molecule has 3 atom stereocenters. The summed E-state index contributed by atoms with van der Waals surface area (Å²) in [5.74, 6) is 1.59. The van der Waals surface area contributed by atoms with Crippen LogP contribution in [0.15, 0.2) is 12.7 Å². The van der Waals surface area contributed by atoms with Crippen molar-refractivity contribution in [2.24, 2.45) is 17.8 Å². The van der Waals surface area contributed by atoms with Crippen LogP contribution in [0.25, 0.3) is 0 Å². The Balaban J connectivity index is 2.78. The third kappa shape index (κ3) is 2.14. The molecule has 0 spiro atoms. The molecular formula is C12H22O. The van der Waals surface area contributed by atoms with Gasteiger partial charge in [-0.05, 0) is 30.6 Å². The molecule has 3 unspecified atom stereocenters. The monoisotopic (exact) mass is 182 g/mol. The maximum Gasteiger partial charge on any atom is 0.0858 e. The van der Waals surface area contributed by atoms with Gasteiger partial charge in [-0.1, -0.05) is 33.3 Å². The summed E-state index contributed by atoms with van der Waals surface area (Å²) in [5, 5.41) is 10.4. The first-order valence-electron chi connectivity index (χ1n) is 5.35. The van der Waals surface area contributed by atoms with E-state index in [1.807, 2.05) is 0 Å². The van der Waals surface area contributed by atoms with Crippen LogP contribution in [0, 0.1) is 17.8 Å². The minimum absolute atomic E-state index is 0.404. The van der Waals surface area contributed by atoms with E-state index in [-0.39, 0.29) is 0 Å². The molecule has 0 radical (unpaired) electrons. The lowest BCUT2D eigenvalue weighted by Crippen LogP contribution is -2.43. The van der Waals surface area contributed by atoms with Gasteiger partial charge in [-0.3, -0.25) is 0 Å². The fourth-order valence-corrected chi connectivity index (χ4v) is 2.67. The van der Waals surface area contributed by atoms with Crippen molar-refractivity contribution in [3.8, 4) is 0 Å². The lowest BCUT2D eigenvalue weighted by Gasteiger charge is -2.42. The van der Waals surface area contributed by atoms with Crippen molar-refractivity contribution in [2.45, 2.75) is 45.6 Å². The topological polar surface area (TPSA) is 20.2 Å². The van der Waals surface area contributed by atoms with Gasteiger partial charge in [0.25, 0.3) is 0 Å². The molecule has 0 aromatic carbocycles. The number of aliphatic hydroxyl groups is 1. The van der Waals surface area contributed by atoms with Crippen LogP contribution in [0.3, 0.4) is 0 Å². The van der Waals surface area contributed by atoms with E-state index in [2.05, 4.69) is 27.4 Å². The number of hydrogen-bond donors (Lipinski definition) is 1. The normalized spacial score (nSPS) is 40.7. The maximum atomic E-state index is 10.4. The van der Waals surface area contributed by atoms with E-state index in [9.17, 15) is 5.11 Å². The Kier molecular flexibility index (Phi) is 3.18. The summed E-state index contributed by atoms with van der Waals surface area (Å²) in [6.45, 7) is 10.4. The van der Waals surface area contributed by atoms with Crippen molar-refractivity contribution in [1.29, 1.82) is 0 Å². The molecule has 1 N–H and O–H groups in total. The van der Waals surface area contributed by atoms with E-state index in [0.29, 0.717) is 17.8 Å². The molecule has 0 aliphatic heterocycles. The van der Waals surface area contributed by atoms with Gasteiger partial charge in [-0.2, -0.15) is 0 Å². The van der Waals surface area contributed by atoms with Crippen molar-refractivity contribution >= 4 is 0 Å². The fourth-order valence-electron chi connectivity index (χ4n) is 2.67. The first-order chi connectivity index (χ1) is 5.99. The van der Waals surface area contributed by atoms with Crippen LogP contribution in [-0.4, -0.2) is 10.7 Å². The quantitative estimate of drug-likeness (QED) is 0.651. The third-order valence-corrected chi connectivity index (χ3v) is 3.45. The van der Waals surface area contributed by atoms with Crippen molar-refractivity contribution < 1.29 is 5.11 Å². The molecule has 1 aliphatic carbocycles. The Morgan fingerprint density at radius 3 is 2.54 bits per heavy atom. The van der Waals surface area contributed by atoms with E-state index in [0.717, 1.165) is 12.8 Å². The zero-order valence-electron chi connectivity index (χ0n) is 9.09. The van der Waals surface area contributed by atoms with Crippen LogP contribution in [0.4, 0.5) is 0 Å². The average Bonchev–Trinajstić information content (AvgIpc) is 2.03. The van der Waals surface area contributed by atoms with Gasteiger partial charge in [0.15, 0.2) is 0 Å². The third-order valence-electron chi connectivity index (χ3n) is 3.45. The summed E-state index contributed by atoms with van der Waals surface area (Å²) in [6.07, 6.45) is 5.03. The van der Waals surface area contributed by atoms with Crippen molar-refractivity contribution in [3.05, 3.63) is 12.7 Å². The molecule has 0 bridgehead atoms. The largest absolute Gasteiger partial charge is 0.385 e. The lowest BCUT2D eigenvalue weighted by molar-refractivity contribution is -0.0404. The molecule has 0 aromatic rings. The van der Waals surface area contributed by atoms with Crippen LogP contribution in [0.1, 0.15) is 40.0 Å². The van der Waals surface area contributed by atoms with Crippen molar-refractivity contribution in [2.75, 3.05) is 0 Å². The highest BCUT2D eigenvalue weighted by atomic mass is 16.3. The maximum absolute atomic E-state index is 10.4. The fraction of sp³-hybridized carbons (Fsp3) is 0.833. The standard InChI is InChI=1S/C12H22O/c1-5-12(13)8-10(4)6-7-11(12)9(2)3/h5,9-11,13H,1,6-8H2,2-4H3. The van der Waals surface area contributed by atoms with Crippen LogP contribution in [0.5, 0.6) is 0 Å². The molecule has 0 saturated heterocycles. The lowest BCUT2D eigenvalue weighted by atomic mass is 9.67. The van der Waals surface area contributed by atoms with E-state index < -0.39 is 5.60 Å². The van der Waals surface area contributed by atoms with Gasteiger partial charge >= 0.3 is 0 Å². The van der Waals surface area contributed by atoms with Gasteiger partial charge in [-0.25, -0.2) is 0 Å². The molecule has 1 nitrogen and oxygen atoms in total. The molecule has 1 rings (SSSR count). The molecule has 1 aliphatic rings.